The van der Waals surface area contributed by atoms with Crippen LogP contribution in [0, 0.1) is 6.92 Å². The number of hydrogen-bond donors (Lipinski definition) is 0. The molecule has 0 aliphatic carbocycles. The van der Waals surface area contributed by atoms with Crippen LogP contribution < -0.4 is 0 Å². The monoisotopic (exact) mass is 335 g/mol. The van der Waals surface area contributed by atoms with Crippen molar-refractivity contribution >= 4 is 11.3 Å². The minimum atomic E-state index is 0.140. The molecule has 5 heteroatoms. The Bertz CT molecular complexity index is 528. The minimum absolute atomic E-state index is 0.140. The molecule has 3 saturated heterocycles. The molecule has 0 aromatic carbocycles. The molecule has 0 amide bonds. The van der Waals surface area contributed by atoms with E-state index in [2.05, 4.69) is 21.7 Å². The van der Waals surface area contributed by atoms with Crippen molar-refractivity contribution in [2.24, 2.45) is 0 Å². The fourth-order valence-corrected chi connectivity index (χ4v) is 5.37. The Hall–Kier alpha value is -0.490. The third-order valence-corrected chi connectivity index (χ3v) is 6.76. The fourth-order valence-electron chi connectivity index (χ4n) is 4.55. The summed E-state index contributed by atoms with van der Waals surface area (Å²) < 4.78 is 6.68. The van der Waals surface area contributed by atoms with Crippen LogP contribution in [-0.2, 0) is 11.3 Å². The molecule has 4 nitrogen and oxygen atoms in total. The molecule has 4 rings (SSSR count). The van der Waals surface area contributed by atoms with Crippen LogP contribution in [0.5, 0.6) is 0 Å². The third-order valence-electron chi connectivity index (χ3n) is 5.84. The van der Waals surface area contributed by atoms with Crippen LogP contribution in [0.15, 0.2) is 5.51 Å². The number of likely N-dealkylation sites (tertiary alicyclic amines) is 2. The maximum Gasteiger partial charge on any atom is 0.0825 e. The normalized spacial score (nSPS) is 33.0. The Balaban J connectivity index is 1.34. The molecule has 0 bridgehead atoms. The van der Waals surface area contributed by atoms with Crippen LogP contribution in [0.25, 0.3) is 0 Å². The summed E-state index contributed by atoms with van der Waals surface area (Å²) in [4.78, 5) is 11.0. The zero-order valence-electron chi connectivity index (χ0n) is 14.3. The highest BCUT2D eigenvalue weighted by atomic mass is 32.1. The number of hydrogen-bond acceptors (Lipinski definition) is 5. The Kier molecular flexibility index (Phi) is 4.72. The van der Waals surface area contributed by atoms with E-state index in [0.717, 1.165) is 19.6 Å². The molecule has 3 aliphatic rings. The first kappa shape index (κ1) is 16.0. The SMILES string of the molecule is Cc1ncsc1CN1CC[C@@]2(CCC[C@H](CN3CCCC3)O2)C1. The van der Waals surface area contributed by atoms with Gasteiger partial charge in [-0.25, -0.2) is 4.98 Å². The van der Waals surface area contributed by atoms with Gasteiger partial charge in [0.05, 0.1) is 22.9 Å². The van der Waals surface area contributed by atoms with Crippen molar-refractivity contribution in [2.45, 2.75) is 63.7 Å². The Morgan fingerprint density at radius 1 is 1.22 bits per heavy atom. The van der Waals surface area contributed by atoms with Crippen LogP contribution in [0.1, 0.15) is 49.1 Å². The lowest BCUT2D eigenvalue weighted by atomic mass is 9.90. The average Bonchev–Trinajstić information content (AvgIpc) is 3.25. The van der Waals surface area contributed by atoms with Crippen molar-refractivity contribution in [3.05, 3.63) is 16.1 Å². The van der Waals surface area contributed by atoms with Gasteiger partial charge in [0, 0.05) is 31.1 Å². The maximum absolute atomic E-state index is 6.68. The number of aryl methyl sites for hydroxylation is 1. The second-order valence-electron chi connectivity index (χ2n) is 7.64. The van der Waals surface area contributed by atoms with E-state index in [1.165, 1.54) is 68.7 Å². The van der Waals surface area contributed by atoms with E-state index in [1.807, 2.05) is 5.51 Å². The number of rotatable bonds is 4. The molecule has 0 unspecified atom stereocenters. The molecule has 1 spiro atoms. The van der Waals surface area contributed by atoms with Crippen molar-refractivity contribution in [1.29, 1.82) is 0 Å². The van der Waals surface area contributed by atoms with Crippen molar-refractivity contribution in [1.82, 2.24) is 14.8 Å². The zero-order valence-corrected chi connectivity index (χ0v) is 15.1. The summed E-state index contributed by atoms with van der Waals surface area (Å²) in [5, 5.41) is 0. The predicted octanol–water partition coefficient (Wildman–Crippen LogP) is 3.06. The van der Waals surface area contributed by atoms with E-state index in [1.54, 1.807) is 11.3 Å². The van der Waals surface area contributed by atoms with Gasteiger partial charge in [0.1, 0.15) is 0 Å². The van der Waals surface area contributed by atoms with E-state index < -0.39 is 0 Å². The Labute approximate surface area is 143 Å². The highest BCUT2D eigenvalue weighted by Crippen LogP contribution is 2.37. The highest BCUT2D eigenvalue weighted by Gasteiger charge is 2.43. The number of aromatic nitrogens is 1. The first-order valence-electron chi connectivity index (χ1n) is 9.24. The topological polar surface area (TPSA) is 28.6 Å². The molecule has 0 N–H and O–H groups in total. The molecule has 1 aromatic rings. The number of ether oxygens (including phenoxy) is 1. The van der Waals surface area contributed by atoms with E-state index in [0.29, 0.717) is 6.10 Å². The molecule has 1 aromatic heterocycles. The van der Waals surface area contributed by atoms with Crippen LogP contribution >= 0.6 is 11.3 Å². The molecule has 4 heterocycles. The standard InChI is InChI=1S/C18H29N3OS/c1-15-17(23-14-19-15)12-21-10-7-18(13-21)6-4-5-16(22-18)11-20-8-2-3-9-20/h14,16H,2-13H2,1H3/t16-,18+/m1/s1. The fraction of sp³-hybridized carbons (Fsp3) is 0.833. The quantitative estimate of drug-likeness (QED) is 0.845. The molecular formula is C18H29N3OS. The van der Waals surface area contributed by atoms with Gasteiger partial charge >= 0.3 is 0 Å². The van der Waals surface area contributed by atoms with Gasteiger partial charge in [0.15, 0.2) is 0 Å². The van der Waals surface area contributed by atoms with E-state index in [-0.39, 0.29) is 5.60 Å². The highest BCUT2D eigenvalue weighted by molar-refractivity contribution is 7.09. The van der Waals surface area contributed by atoms with E-state index in [4.69, 9.17) is 4.74 Å². The molecule has 3 aliphatic heterocycles. The van der Waals surface area contributed by atoms with E-state index >= 15 is 0 Å². The molecule has 0 radical (unpaired) electrons. The summed E-state index contributed by atoms with van der Waals surface area (Å²) in [6.07, 6.45) is 8.27. The maximum atomic E-state index is 6.68. The lowest BCUT2D eigenvalue weighted by Gasteiger charge is -2.40. The van der Waals surface area contributed by atoms with Crippen molar-refractivity contribution in [2.75, 3.05) is 32.7 Å². The van der Waals surface area contributed by atoms with Crippen LogP contribution in [0.3, 0.4) is 0 Å². The summed E-state index contributed by atoms with van der Waals surface area (Å²) in [6, 6.07) is 0. The molecule has 3 fully saturated rings. The second kappa shape index (κ2) is 6.79. The number of nitrogens with zero attached hydrogens (tertiary/aromatic N) is 3. The van der Waals surface area contributed by atoms with Gasteiger partial charge in [0.2, 0.25) is 0 Å². The molecule has 128 valence electrons. The largest absolute Gasteiger partial charge is 0.369 e. The third kappa shape index (κ3) is 3.63. The lowest BCUT2D eigenvalue weighted by molar-refractivity contribution is -0.127. The molecular weight excluding hydrogens is 306 g/mol. The van der Waals surface area contributed by atoms with Crippen LogP contribution in [0.4, 0.5) is 0 Å². The van der Waals surface area contributed by atoms with Gasteiger partial charge in [-0.2, -0.15) is 0 Å². The van der Waals surface area contributed by atoms with Gasteiger partial charge in [-0.3, -0.25) is 4.90 Å². The molecule has 2 atom stereocenters. The first-order valence-corrected chi connectivity index (χ1v) is 10.1. The summed E-state index contributed by atoms with van der Waals surface area (Å²) in [6.45, 7) is 9.19. The molecule has 0 saturated carbocycles. The number of thiazole rings is 1. The van der Waals surface area contributed by atoms with Crippen LogP contribution in [0.2, 0.25) is 0 Å². The van der Waals surface area contributed by atoms with Crippen molar-refractivity contribution in [3.8, 4) is 0 Å². The Morgan fingerprint density at radius 3 is 2.87 bits per heavy atom. The van der Waals surface area contributed by atoms with Gasteiger partial charge in [-0.15, -0.1) is 11.3 Å². The predicted molar refractivity (Wildman–Crippen MR) is 93.9 cm³/mol. The summed E-state index contributed by atoms with van der Waals surface area (Å²) in [7, 11) is 0. The Morgan fingerprint density at radius 2 is 2.09 bits per heavy atom. The van der Waals surface area contributed by atoms with E-state index in [9.17, 15) is 0 Å². The van der Waals surface area contributed by atoms with Gasteiger partial charge < -0.3 is 9.64 Å². The van der Waals surface area contributed by atoms with Gasteiger partial charge in [0.25, 0.3) is 0 Å². The molecule has 23 heavy (non-hydrogen) atoms. The summed E-state index contributed by atoms with van der Waals surface area (Å²) in [5.41, 5.74) is 3.31. The average molecular weight is 336 g/mol. The first-order chi connectivity index (χ1) is 11.2. The van der Waals surface area contributed by atoms with Crippen LogP contribution in [-0.4, -0.2) is 59.2 Å². The van der Waals surface area contributed by atoms with Gasteiger partial charge in [-0.1, -0.05) is 0 Å². The van der Waals surface area contributed by atoms with Crippen molar-refractivity contribution in [3.63, 3.8) is 0 Å². The minimum Gasteiger partial charge on any atom is -0.369 e. The lowest BCUT2D eigenvalue weighted by Crippen LogP contribution is -2.46. The summed E-state index contributed by atoms with van der Waals surface area (Å²) in [5.74, 6) is 0. The zero-order chi connectivity index (χ0) is 15.7. The summed E-state index contributed by atoms with van der Waals surface area (Å²) >= 11 is 1.79. The van der Waals surface area contributed by atoms with Crippen molar-refractivity contribution < 1.29 is 4.74 Å². The van der Waals surface area contributed by atoms with Gasteiger partial charge in [-0.05, 0) is 58.5 Å². The smallest absolute Gasteiger partial charge is 0.0825 e. The second-order valence-corrected chi connectivity index (χ2v) is 8.58.